The molecule has 0 unspecified atom stereocenters. The summed E-state index contributed by atoms with van der Waals surface area (Å²) in [4.78, 5) is 0. The van der Waals surface area contributed by atoms with Crippen LogP contribution in [0.5, 0.6) is 5.75 Å². The molecule has 0 spiro atoms. The molecule has 2 aromatic rings. The molecule has 0 aliphatic carbocycles. The molecule has 0 aromatic heterocycles. The Hall–Kier alpha value is -1.48. The molecule has 19 heavy (non-hydrogen) atoms. The van der Waals surface area contributed by atoms with E-state index >= 15 is 0 Å². The van der Waals surface area contributed by atoms with Crippen LogP contribution in [0.4, 0.5) is 5.69 Å². The maximum absolute atomic E-state index is 5.56. The smallest absolute Gasteiger partial charge is 0.119 e. The first-order chi connectivity index (χ1) is 9.28. The molecule has 0 atom stereocenters. The van der Waals surface area contributed by atoms with E-state index in [1.807, 2.05) is 24.3 Å². The van der Waals surface area contributed by atoms with Gasteiger partial charge in [-0.15, -0.1) is 0 Å². The Bertz CT molecular complexity index is 493. The summed E-state index contributed by atoms with van der Waals surface area (Å²) >= 11 is 3.43. The molecule has 0 bridgehead atoms. The number of benzene rings is 2. The predicted molar refractivity (Wildman–Crippen MR) is 83.7 cm³/mol. The van der Waals surface area contributed by atoms with E-state index in [2.05, 4.69) is 52.4 Å². The zero-order valence-electron chi connectivity index (χ0n) is 11.0. The number of rotatable bonds is 6. The summed E-state index contributed by atoms with van der Waals surface area (Å²) < 4.78 is 6.65. The van der Waals surface area contributed by atoms with E-state index in [0.717, 1.165) is 35.5 Å². The van der Waals surface area contributed by atoms with E-state index in [4.69, 9.17) is 4.74 Å². The van der Waals surface area contributed by atoms with Crippen molar-refractivity contribution in [2.75, 3.05) is 11.9 Å². The fourth-order valence-corrected chi connectivity index (χ4v) is 1.96. The summed E-state index contributed by atoms with van der Waals surface area (Å²) in [6.45, 7) is 3.70. The molecule has 0 amide bonds. The van der Waals surface area contributed by atoms with Crippen molar-refractivity contribution in [2.24, 2.45) is 0 Å². The second kappa shape index (κ2) is 7.19. The van der Waals surface area contributed by atoms with Crippen LogP contribution in [0.1, 0.15) is 18.9 Å². The molecule has 0 fully saturated rings. The first kappa shape index (κ1) is 13.9. The van der Waals surface area contributed by atoms with Crippen LogP contribution >= 0.6 is 15.9 Å². The van der Waals surface area contributed by atoms with Gasteiger partial charge in [0, 0.05) is 16.7 Å². The van der Waals surface area contributed by atoms with Crippen molar-refractivity contribution in [3.8, 4) is 5.75 Å². The molecule has 0 aliphatic rings. The maximum Gasteiger partial charge on any atom is 0.119 e. The van der Waals surface area contributed by atoms with Gasteiger partial charge in [0.2, 0.25) is 0 Å². The zero-order valence-corrected chi connectivity index (χ0v) is 12.6. The van der Waals surface area contributed by atoms with Gasteiger partial charge in [0.1, 0.15) is 5.75 Å². The molecule has 3 heteroatoms. The van der Waals surface area contributed by atoms with E-state index in [1.165, 1.54) is 5.56 Å². The highest BCUT2D eigenvalue weighted by atomic mass is 79.9. The number of hydrogen-bond acceptors (Lipinski definition) is 2. The van der Waals surface area contributed by atoms with E-state index in [0.29, 0.717) is 0 Å². The van der Waals surface area contributed by atoms with Gasteiger partial charge < -0.3 is 10.1 Å². The third-order valence-electron chi connectivity index (χ3n) is 2.74. The predicted octanol–water partition coefficient (Wildman–Crippen LogP) is 4.85. The lowest BCUT2D eigenvalue weighted by Crippen LogP contribution is -1.99. The molecule has 100 valence electrons. The molecule has 2 rings (SSSR count). The van der Waals surface area contributed by atoms with Crippen LogP contribution in [0.2, 0.25) is 0 Å². The van der Waals surface area contributed by atoms with Crippen LogP contribution in [0.3, 0.4) is 0 Å². The van der Waals surface area contributed by atoms with Crippen LogP contribution in [-0.4, -0.2) is 6.61 Å². The Labute approximate surface area is 122 Å². The fraction of sp³-hybridized carbons (Fsp3) is 0.250. The lowest BCUT2D eigenvalue weighted by atomic mass is 10.2. The molecule has 0 heterocycles. The topological polar surface area (TPSA) is 21.3 Å². The van der Waals surface area contributed by atoms with Crippen LogP contribution in [0.25, 0.3) is 0 Å². The van der Waals surface area contributed by atoms with E-state index in [-0.39, 0.29) is 0 Å². The van der Waals surface area contributed by atoms with Gasteiger partial charge in [-0.2, -0.15) is 0 Å². The van der Waals surface area contributed by atoms with Crippen LogP contribution in [0, 0.1) is 0 Å². The van der Waals surface area contributed by atoms with Gasteiger partial charge in [-0.05, 0) is 48.4 Å². The minimum atomic E-state index is 0.774. The molecule has 2 nitrogen and oxygen atoms in total. The van der Waals surface area contributed by atoms with Gasteiger partial charge in [0.15, 0.2) is 0 Å². The Balaban J connectivity index is 1.87. The maximum atomic E-state index is 5.56. The molecule has 0 radical (unpaired) electrons. The highest BCUT2D eigenvalue weighted by Gasteiger charge is 1.96. The molecule has 0 aliphatic heterocycles. The van der Waals surface area contributed by atoms with E-state index in [1.54, 1.807) is 0 Å². The number of anilines is 1. The van der Waals surface area contributed by atoms with Crippen LogP contribution < -0.4 is 10.1 Å². The molecular weight excluding hydrogens is 302 g/mol. The molecule has 1 N–H and O–H groups in total. The lowest BCUT2D eigenvalue weighted by Gasteiger charge is -2.08. The largest absolute Gasteiger partial charge is 0.494 e. The minimum Gasteiger partial charge on any atom is -0.494 e. The first-order valence-electron chi connectivity index (χ1n) is 6.49. The van der Waals surface area contributed by atoms with Crippen molar-refractivity contribution in [3.05, 3.63) is 58.6 Å². The summed E-state index contributed by atoms with van der Waals surface area (Å²) in [5.41, 5.74) is 2.36. The molecule has 0 saturated heterocycles. The molecular formula is C16H18BrNO. The van der Waals surface area contributed by atoms with Gasteiger partial charge in [-0.25, -0.2) is 0 Å². The normalized spacial score (nSPS) is 10.2. The molecule has 0 saturated carbocycles. The van der Waals surface area contributed by atoms with Gasteiger partial charge in [-0.3, -0.25) is 0 Å². The average molecular weight is 320 g/mol. The Kier molecular flexibility index (Phi) is 5.28. The second-order valence-corrected chi connectivity index (χ2v) is 5.27. The average Bonchev–Trinajstić information content (AvgIpc) is 2.46. The van der Waals surface area contributed by atoms with Crippen molar-refractivity contribution in [1.29, 1.82) is 0 Å². The van der Waals surface area contributed by atoms with Gasteiger partial charge in [-0.1, -0.05) is 35.0 Å². The Morgan fingerprint density at radius 2 is 1.68 bits per heavy atom. The second-order valence-electron chi connectivity index (χ2n) is 4.35. The summed E-state index contributed by atoms with van der Waals surface area (Å²) in [7, 11) is 0. The highest BCUT2D eigenvalue weighted by Crippen LogP contribution is 2.16. The summed E-state index contributed by atoms with van der Waals surface area (Å²) in [5.74, 6) is 0.939. The number of ether oxygens (including phenoxy) is 1. The van der Waals surface area contributed by atoms with Crippen molar-refractivity contribution in [1.82, 2.24) is 0 Å². The SMILES string of the molecule is CCCOc1ccc(CNc2ccc(Br)cc2)cc1. The number of hydrogen-bond donors (Lipinski definition) is 1. The monoisotopic (exact) mass is 319 g/mol. The lowest BCUT2D eigenvalue weighted by molar-refractivity contribution is 0.317. The van der Waals surface area contributed by atoms with Crippen LogP contribution in [-0.2, 0) is 6.54 Å². The number of nitrogens with one attached hydrogen (secondary N) is 1. The van der Waals surface area contributed by atoms with Crippen molar-refractivity contribution >= 4 is 21.6 Å². The molecule has 2 aromatic carbocycles. The van der Waals surface area contributed by atoms with Gasteiger partial charge in [0.25, 0.3) is 0 Å². The Morgan fingerprint density at radius 1 is 1.00 bits per heavy atom. The van der Waals surface area contributed by atoms with E-state index < -0.39 is 0 Å². The minimum absolute atomic E-state index is 0.774. The van der Waals surface area contributed by atoms with E-state index in [9.17, 15) is 0 Å². The number of halogens is 1. The summed E-state index contributed by atoms with van der Waals surface area (Å²) in [6.07, 6.45) is 1.03. The standard InChI is InChI=1S/C16H18BrNO/c1-2-11-19-16-9-3-13(4-10-16)12-18-15-7-5-14(17)6-8-15/h3-10,18H,2,11-12H2,1H3. The highest BCUT2D eigenvalue weighted by molar-refractivity contribution is 9.10. The van der Waals surface area contributed by atoms with Crippen molar-refractivity contribution in [3.63, 3.8) is 0 Å². The van der Waals surface area contributed by atoms with Crippen LogP contribution in [0.15, 0.2) is 53.0 Å². The summed E-state index contributed by atoms with van der Waals surface area (Å²) in [5, 5.41) is 3.39. The van der Waals surface area contributed by atoms with Gasteiger partial charge >= 0.3 is 0 Å². The zero-order chi connectivity index (χ0) is 13.5. The fourth-order valence-electron chi connectivity index (χ4n) is 1.70. The van der Waals surface area contributed by atoms with Crippen molar-refractivity contribution in [2.45, 2.75) is 19.9 Å². The van der Waals surface area contributed by atoms with Crippen molar-refractivity contribution < 1.29 is 4.74 Å². The summed E-state index contributed by atoms with van der Waals surface area (Å²) in [6, 6.07) is 16.4. The first-order valence-corrected chi connectivity index (χ1v) is 7.28. The Morgan fingerprint density at radius 3 is 2.32 bits per heavy atom. The third kappa shape index (κ3) is 4.60. The quantitative estimate of drug-likeness (QED) is 0.821. The van der Waals surface area contributed by atoms with Gasteiger partial charge in [0.05, 0.1) is 6.61 Å². The third-order valence-corrected chi connectivity index (χ3v) is 3.27.